The highest BCUT2D eigenvalue weighted by Crippen LogP contribution is 2.41. The molecular formula is C17H26O2. The van der Waals surface area contributed by atoms with E-state index < -0.39 is 0 Å². The third kappa shape index (κ3) is 3.58. The molecule has 1 aliphatic heterocycles. The second-order valence-electron chi connectivity index (χ2n) is 5.92. The Morgan fingerprint density at radius 1 is 1.11 bits per heavy atom. The average Bonchev–Trinajstić information content (AvgIpc) is 2.79. The maximum Gasteiger partial charge on any atom is 0.0920 e. The lowest BCUT2D eigenvalue weighted by molar-refractivity contribution is -0.134. The van der Waals surface area contributed by atoms with Crippen LogP contribution in [0.15, 0.2) is 30.3 Å². The molecule has 2 unspecified atom stereocenters. The van der Waals surface area contributed by atoms with Crippen LogP contribution in [0.1, 0.15) is 52.0 Å². The summed E-state index contributed by atoms with van der Waals surface area (Å²) in [5, 5.41) is 0. The van der Waals surface area contributed by atoms with E-state index in [9.17, 15) is 0 Å². The Kier molecular flexibility index (Phi) is 4.64. The first-order valence-electron chi connectivity index (χ1n) is 7.43. The molecule has 2 rings (SSSR count). The number of ether oxygens (including phenoxy) is 2. The lowest BCUT2D eigenvalue weighted by atomic mass is 9.94. The molecule has 0 saturated carbocycles. The summed E-state index contributed by atoms with van der Waals surface area (Å²) in [5.74, 6) is 0. The molecule has 1 aliphatic rings. The van der Waals surface area contributed by atoms with Crippen molar-refractivity contribution in [2.45, 2.75) is 64.3 Å². The SMILES string of the molecule is CCC1(C)CCC(CC)(COCc2ccccc2)O1. The quantitative estimate of drug-likeness (QED) is 0.759. The first kappa shape index (κ1) is 14.5. The highest BCUT2D eigenvalue weighted by atomic mass is 16.6. The van der Waals surface area contributed by atoms with E-state index in [2.05, 4.69) is 45.0 Å². The Labute approximate surface area is 117 Å². The van der Waals surface area contributed by atoms with Gasteiger partial charge in [0.15, 0.2) is 0 Å². The summed E-state index contributed by atoms with van der Waals surface area (Å²) in [6, 6.07) is 10.3. The van der Waals surface area contributed by atoms with Crippen molar-refractivity contribution in [2.24, 2.45) is 0 Å². The summed E-state index contributed by atoms with van der Waals surface area (Å²) < 4.78 is 12.3. The molecule has 1 aromatic rings. The summed E-state index contributed by atoms with van der Waals surface area (Å²) in [6.45, 7) is 8.01. The largest absolute Gasteiger partial charge is 0.374 e. The fourth-order valence-corrected chi connectivity index (χ4v) is 2.75. The predicted molar refractivity (Wildman–Crippen MR) is 78.1 cm³/mol. The van der Waals surface area contributed by atoms with Crippen molar-refractivity contribution in [3.8, 4) is 0 Å². The first-order chi connectivity index (χ1) is 9.11. The van der Waals surface area contributed by atoms with Crippen molar-refractivity contribution in [3.05, 3.63) is 35.9 Å². The predicted octanol–water partition coefficient (Wildman–Crippen LogP) is 4.33. The molecule has 0 bridgehead atoms. The molecule has 1 fully saturated rings. The molecule has 19 heavy (non-hydrogen) atoms. The molecule has 0 aliphatic carbocycles. The molecule has 0 aromatic heterocycles. The van der Waals surface area contributed by atoms with Crippen LogP contribution in [0.2, 0.25) is 0 Å². The van der Waals surface area contributed by atoms with Crippen LogP contribution >= 0.6 is 0 Å². The summed E-state index contributed by atoms with van der Waals surface area (Å²) >= 11 is 0. The van der Waals surface area contributed by atoms with E-state index in [4.69, 9.17) is 9.47 Å². The summed E-state index contributed by atoms with van der Waals surface area (Å²) in [6.07, 6.45) is 4.36. The standard InChI is InChI=1S/C17H26O2/c1-4-16(3)11-12-17(5-2,19-16)14-18-13-15-9-7-6-8-10-15/h6-10H,4-5,11-14H2,1-3H3. The maximum atomic E-state index is 6.35. The number of hydrogen-bond donors (Lipinski definition) is 0. The van der Waals surface area contributed by atoms with Gasteiger partial charge in [0.2, 0.25) is 0 Å². The molecule has 1 heterocycles. The lowest BCUT2D eigenvalue weighted by Gasteiger charge is -2.32. The zero-order chi connectivity index (χ0) is 13.8. The topological polar surface area (TPSA) is 18.5 Å². The molecule has 1 aromatic carbocycles. The minimum atomic E-state index is -0.0699. The zero-order valence-electron chi connectivity index (χ0n) is 12.4. The minimum absolute atomic E-state index is 0.0477. The molecule has 2 heteroatoms. The van der Waals surface area contributed by atoms with Crippen molar-refractivity contribution in [1.82, 2.24) is 0 Å². The summed E-state index contributed by atoms with van der Waals surface area (Å²) in [5.41, 5.74) is 1.20. The average molecular weight is 262 g/mol. The molecular weight excluding hydrogens is 236 g/mol. The fourth-order valence-electron chi connectivity index (χ4n) is 2.75. The van der Waals surface area contributed by atoms with Crippen molar-refractivity contribution in [3.63, 3.8) is 0 Å². The summed E-state index contributed by atoms with van der Waals surface area (Å²) in [4.78, 5) is 0. The van der Waals surface area contributed by atoms with Crippen molar-refractivity contribution in [1.29, 1.82) is 0 Å². The van der Waals surface area contributed by atoms with Crippen molar-refractivity contribution < 1.29 is 9.47 Å². The maximum absolute atomic E-state index is 6.35. The van der Waals surface area contributed by atoms with Crippen molar-refractivity contribution in [2.75, 3.05) is 6.61 Å². The Bertz CT molecular complexity index is 390. The van der Waals surface area contributed by atoms with E-state index in [0.717, 1.165) is 25.7 Å². The third-order valence-electron chi connectivity index (χ3n) is 4.44. The van der Waals surface area contributed by atoms with E-state index in [1.54, 1.807) is 0 Å². The second kappa shape index (κ2) is 6.06. The van der Waals surface area contributed by atoms with Gasteiger partial charge in [0.25, 0.3) is 0 Å². The van der Waals surface area contributed by atoms with Crippen LogP contribution in [0.5, 0.6) is 0 Å². The van der Waals surface area contributed by atoms with Crippen LogP contribution in [-0.4, -0.2) is 17.8 Å². The van der Waals surface area contributed by atoms with E-state index >= 15 is 0 Å². The van der Waals surface area contributed by atoms with E-state index in [0.29, 0.717) is 13.2 Å². The van der Waals surface area contributed by atoms with Gasteiger partial charge in [0.1, 0.15) is 0 Å². The molecule has 106 valence electrons. The Morgan fingerprint density at radius 2 is 1.84 bits per heavy atom. The highest BCUT2D eigenvalue weighted by Gasteiger charge is 2.44. The van der Waals surface area contributed by atoms with Crippen LogP contribution < -0.4 is 0 Å². The highest BCUT2D eigenvalue weighted by molar-refractivity contribution is 5.13. The van der Waals surface area contributed by atoms with E-state index in [-0.39, 0.29) is 11.2 Å². The molecule has 2 nitrogen and oxygen atoms in total. The molecule has 0 radical (unpaired) electrons. The number of benzene rings is 1. The lowest BCUT2D eigenvalue weighted by Crippen LogP contribution is -2.37. The Balaban J connectivity index is 1.87. The smallest absolute Gasteiger partial charge is 0.0920 e. The molecule has 0 amide bonds. The molecule has 0 N–H and O–H groups in total. The van der Waals surface area contributed by atoms with Crippen LogP contribution in [0.25, 0.3) is 0 Å². The van der Waals surface area contributed by atoms with Gasteiger partial charge in [0, 0.05) is 0 Å². The van der Waals surface area contributed by atoms with Gasteiger partial charge in [-0.3, -0.25) is 0 Å². The van der Waals surface area contributed by atoms with Gasteiger partial charge in [-0.2, -0.15) is 0 Å². The van der Waals surface area contributed by atoms with Crippen LogP contribution in [0, 0.1) is 0 Å². The fraction of sp³-hybridized carbons (Fsp3) is 0.647. The number of rotatable bonds is 6. The van der Waals surface area contributed by atoms with Crippen LogP contribution in [0.3, 0.4) is 0 Å². The van der Waals surface area contributed by atoms with Gasteiger partial charge in [0.05, 0.1) is 24.4 Å². The zero-order valence-corrected chi connectivity index (χ0v) is 12.4. The van der Waals surface area contributed by atoms with Gasteiger partial charge in [-0.25, -0.2) is 0 Å². The van der Waals surface area contributed by atoms with Gasteiger partial charge in [-0.1, -0.05) is 44.2 Å². The monoisotopic (exact) mass is 262 g/mol. The summed E-state index contributed by atoms with van der Waals surface area (Å²) in [7, 11) is 0. The molecule has 1 saturated heterocycles. The van der Waals surface area contributed by atoms with E-state index in [1.807, 2.05) is 6.07 Å². The Morgan fingerprint density at radius 3 is 2.42 bits per heavy atom. The van der Waals surface area contributed by atoms with Gasteiger partial charge < -0.3 is 9.47 Å². The van der Waals surface area contributed by atoms with Crippen LogP contribution in [-0.2, 0) is 16.1 Å². The first-order valence-corrected chi connectivity index (χ1v) is 7.43. The number of hydrogen-bond acceptors (Lipinski definition) is 2. The van der Waals surface area contributed by atoms with Gasteiger partial charge in [-0.05, 0) is 38.2 Å². The minimum Gasteiger partial charge on any atom is -0.374 e. The van der Waals surface area contributed by atoms with Gasteiger partial charge >= 0.3 is 0 Å². The normalized spacial score (nSPS) is 30.7. The van der Waals surface area contributed by atoms with Gasteiger partial charge in [-0.15, -0.1) is 0 Å². The van der Waals surface area contributed by atoms with Crippen LogP contribution in [0.4, 0.5) is 0 Å². The van der Waals surface area contributed by atoms with E-state index in [1.165, 1.54) is 5.56 Å². The molecule has 0 spiro atoms. The molecule has 2 atom stereocenters. The second-order valence-corrected chi connectivity index (χ2v) is 5.92. The van der Waals surface area contributed by atoms with Crippen molar-refractivity contribution >= 4 is 0 Å². The third-order valence-corrected chi connectivity index (χ3v) is 4.44. The Hall–Kier alpha value is -0.860.